The minimum absolute atomic E-state index is 0.241. The molecule has 0 radical (unpaired) electrons. The van der Waals surface area contributed by atoms with E-state index in [9.17, 15) is 9.59 Å². The highest BCUT2D eigenvalue weighted by Gasteiger charge is 2.32. The summed E-state index contributed by atoms with van der Waals surface area (Å²) >= 11 is 1.48. The first-order chi connectivity index (χ1) is 9.70. The number of aryl methyl sites for hydroxylation is 1. The summed E-state index contributed by atoms with van der Waals surface area (Å²) in [5.74, 6) is -0.247. The van der Waals surface area contributed by atoms with Gasteiger partial charge in [0.25, 0.3) is 0 Å². The smallest absolute Gasteiger partial charge is 0.326 e. The van der Waals surface area contributed by atoms with Crippen molar-refractivity contribution in [2.45, 2.75) is 39.5 Å². The number of carbonyl (C=O) groups excluding carboxylic acids is 1. The van der Waals surface area contributed by atoms with E-state index in [1.807, 2.05) is 31.2 Å². The number of amides is 1. The van der Waals surface area contributed by atoms with Crippen LogP contribution in [0.3, 0.4) is 0 Å². The van der Waals surface area contributed by atoms with Gasteiger partial charge in [0, 0.05) is 5.75 Å². The molecule has 0 spiro atoms. The Kier molecular flexibility index (Phi) is 6.27. The zero-order chi connectivity index (χ0) is 16.0. The van der Waals surface area contributed by atoms with E-state index in [1.165, 1.54) is 17.3 Å². The minimum Gasteiger partial charge on any atom is -0.480 e. The molecule has 0 fully saturated rings. The first-order valence-corrected chi connectivity index (χ1v) is 8.01. The highest BCUT2D eigenvalue weighted by Crippen LogP contribution is 2.20. The lowest BCUT2D eigenvalue weighted by Crippen LogP contribution is -2.49. The number of thioether (sulfide) groups is 1. The van der Waals surface area contributed by atoms with E-state index in [1.54, 1.807) is 20.8 Å². The van der Waals surface area contributed by atoms with Gasteiger partial charge in [-0.05, 0) is 17.9 Å². The molecule has 0 saturated carbocycles. The molecule has 0 bridgehead atoms. The Bertz CT molecular complexity index is 491. The fourth-order valence-electron chi connectivity index (χ4n) is 1.80. The predicted octanol–water partition coefficient (Wildman–Crippen LogP) is 2.84. The van der Waals surface area contributed by atoms with Crippen LogP contribution in [-0.4, -0.2) is 28.8 Å². The second kappa shape index (κ2) is 7.50. The molecule has 0 aliphatic carbocycles. The van der Waals surface area contributed by atoms with E-state index in [4.69, 9.17) is 5.11 Å². The maximum atomic E-state index is 11.9. The van der Waals surface area contributed by atoms with E-state index < -0.39 is 17.4 Å². The number of carboxylic acids is 1. The van der Waals surface area contributed by atoms with Crippen LogP contribution in [-0.2, 0) is 15.3 Å². The highest BCUT2D eigenvalue weighted by atomic mass is 32.2. The van der Waals surface area contributed by atoms with Crippen molar-refractivity contribution < 1.29 is 14.7 Å². The third kappa shape index (κ3) is 6.21. The Morgan fingerprint density at radius 3 is 2.29 bits per heavy atom. The van der Waals surface area contributed by atoms with Gasteiger partial charge >= 0.3 is 5.97 Å². The predicted molar refractivity (Wildman–Crippen MR) is 86.4 cm³/mol. The minimum atomic E-state index is -1.00. The Morgan fingerprint density at radius 2 is 1.81 bits per heavy atom. The van der Waals surface area contributed by atoms with Gasteiger partial charge in [0.1, 0.15) is 6.04 Å². The van der Waals surface area contributed by atoms with E-state index in [-0.39, 0.29) is 11.7 Å². The molecule has 0 heterocycles. The topological polar surface area (TPSA) is 66.4 Å². The van der Waals surface area contributed by atoms with Crippen molar-refractivity contribution in [3.05, 3.63) is 35.4 Å². The van der Waals surface area contributed by atoms with Crippen LogP contribution in [0.25, 0.3) is 0 Å². The third-order valence-electron chi connectivity index (χ3n) is 3.04. The monoisotopic (exact) mass is 309 g/mol. The SMILES string of the molecule is Cc1ccc(CSCC(=O)N[C@H](C(=O)O)C(C)(C)C)cc1. The standard InChI is InChI=1S/C16H23NO3S/c1-11-5-7-12(8-6-11)9-21-10-13(18)17-14(15(19)20)16(2,3)4/h5-8,14H,9-10H2,1-4H3,(H,17,18)(H,19,20)/t14-/m1/s1. The van der Waals surface area contributed by atoms with Gasteiger partial charge in [0.2, 0.25) is 5.91 Å². The second-order valence-electron chi connectivity index (χ2n) is 6.18. The van der Waals surface area contributed by atoms with E-state index in [0.29, 0.717) is 0 Å². The number of rotatable bonds is 6. The number of benzene rings is 1. The first kappa shape index (κ1) is 17.6. The van der Waals surface area contributed by atoms with E-state index in [2.05, 4.69) is 5.32 Å². The van der Waals surface area contributed by atoms with Crippen LogP contribution in [0.5, 0.6) is 0 Å². The van der Waals surface area contributed by atoms with Crippen molar-refractivity contribution in [2.24, 2.45) is 5.41 Å². The molecule has 1 atom stereocenters. The number of carboxylic acid groups (broad SMARTS) is 1. The van der Waals surface area contributed by atoms with Crippen molar-refractivity contribution >= 4 is 23.6 Å². The van der Waals surface area contributed by atoms with Gasteiger partial charge in [0.05, 0.1) is 5.75 Å². The highest BCUT2D eigenvalue weighted by molar-refractivity contribution is 7.99. The van der Waals surface area contributed by atoms with Gasteiger partial charge in [-0.2, -0.15) is 0 Å². The van der Waals surface area contributed by atoms with Crippen LogP contribution < -0.4 is 5.32 Å². The molecule has 1 aromatic carbocycles. The summed E-state index contributed by atoms with van der Waals surface area (Å²) in [5, 5.41) is 11.8. The van der Waals surface area contributed by atoms with Crippen LogP contribution in [0.15, 0.2) is 24.3 Å². The molecule has 1 aromatic rings. The van der Waals surface area contributed by atoms with Crippen LogP contribution in [0.4, 0.5) is 0 Å². The lowest BCUT2D eigenvalue weighted by atomic mass is 9.87. The summed E-state index contributed by atoms with van der Waals surface area (Å²) in [6.45, 7) is 7.42. The molecule has 116 valence electrons. The van der Waals surface area contributed by atoms with Gasteiger partial charge in [-0.15, -0.1) is 11.8 Å². The summed E-state index contributed by atoms with van der Waals surface area (Å²) < 4.78 is 0. The Balaban J connectivity index is 2.43. The van der Waals surface area contributed by atoms with Gasteiger partial charge in [-0.25, -0.2) is 4.79 Å². The maximum Gasteiger partial charge on any atom is 0.326 e. The molecule has 0 aliphatic heterocycles. The van der Waals surface area contributed by atoms with Gasteiger partial charge in [0.15, 0.2) is 0 Å². The van der Waals surface area contributed by atoms with E-state index >= 15 is 0 Å². The zero-order valence-electron chi connectivity index (χ0n) is 13.0. The summed E-state index contributed by atoms with van der Waals surface area (Å²) in [7, 11) is 0. The lowest BCUT2D eigenvalue weighted by Gasteiger charge is -2.27. The largest absolute Gasteiger partial charge is 0.480 e. The second-order valence-corrected chi connectivity index (χ2v) is 7.17. The molecule has 0 aromatic heterocycles. The fourth-order valence-corrected chi connectivity index (χ4v) is 2.60. The number of hydrogen-bond acceptors (Lipinski definition) is 3. The molecule has 1 rings (SSSR count). The first-order valence-electron chi connectivity index (χ1n) is 6.85. The Labute approximate surface area is 130 Å². The maximum absolute atomic E-state index is 11.9. The summed E-state index contributed by atoms with van der Waals surface area (Å²) in [4.78, 5) is 23.0. The fraction of sp³-hybridized carbons (Fsp3) is 0.500. The molecule has 21 heavy (non-hydrogen) atoms. The number of carbonyl (C=O) groups is 2. The summed E-state index contributed by atoms with van der Waals surface area (Å²) in [6.07, 6.45) is 0. The number of aliphatic carboxylic acids is 1. The van der Waals surface area contributed by atoms with Gasteiger partial charge in [-0.1, -0.05) is 50.6 Å². The molecule has 0 unspecified atom stereocenters. The van der Waals surface area contributed by atoms with Crippen molar-refractivity contribution in [1.82, 2.24) is 5.32 Å². The molecular formula is C16H23NO3S. The average molecular weight is 309 g/mol. The van der Waals surface area contributed by atoms with Crippen molar-refractivity contribution in [3.63, 3.8) is 0 Å². The third-order valence-corrected chi connectivity index (χ3v) is 4.04. The molecule has 1 amide bonds. The molecular weight excluding hydrogens is 286 g/mol. The molecule has 0 aliphatic rings. The Morgan fingerprint density at radius 1 is 1.24 bits per heavy atom. The van der Waals surface area contributed by atoms with Gasteiger partial charge in [-0.3, -0.25) is 4.79 Å². The number of nitrogens with one attached hydrogen (secondary N) is 1. The Hall–Kier alpha value is -1.49. The molecule has 5 heteroatoms. The van der Waals surface area contributed by atoms with Crippen LogP contribution in [0, 0.1) is 12.3 Å². The summed E-state index contributed by atoms with van der Waals surface area (Å²) in [5.41, 5.74) is 1.85. The van der Waals surface area contributed by atoms with E-state index in [0.717, 1.165) is 11.3 Å². The number of hydrogen-bond donors (Lipinski definition) is 2. The molecule has 2 N–H and O–H groups in total. The molecule has 4 nitrogen and oxygen atoms in total. The van der Waals surface area contributed by atoms with Crippen LogP contribution in [0.1, 0.15) is 31.9 Å². The van der Waals surface area contributed by atoms with Crippen LogP contribution in [0.2, 0.25) is 0 Å². The van der Waals surface area contributed by atoms with Crippen LogP contribution >= 0.6 is 11.8 Å². The quantitative estimate of drug-likeness (QED) is 0.848. The zero-order valence-corrected chi connectivity index (χ0v) is 13.8. The van der Waals surface area contributed by atoms with Crippen molar-refractivity contribution in [3.8, 4) is 0 Å². The average Bonchev–Trinajstić information content (AvgIpc) is 2.36. The normalized spacial score (nSPS) is 12.8. The molecule has 0 saturated heterocycles. The van der Waals surface area contributed by atoms with Crippen molar-refractivity contribution in [1.29, 1.82) is 0 Å². The summed E-state index contributed by atoms with van der Waals surface area (Å²) in [6, 6.07) is 7.28. The van der Waals surface area contributed by atoms with Gasteiger partial charge < -0.3 is 10.4 Å². The lowest BCUT2D eigenvalue weighted by molar-refractivity contribution is -0.144. The van der Waals surface area contributed by atoms with Crippen molar-refractivity contribution in [2.75, 3.05) is 5.75 Å².